The van der Waals surface area contributed by atoms with Crippen LogP contribution in [0.1, 0.15) is 5.82 Å². The van der Waals surface area contributed by atoms with Crippen molar-refractivity contribution in [1.29, 1.82) is 0 Å². The molecule has 0 atom stereocenters. The predicted molar refractivity (Wildman–Crippen MR) is 72.7 cm³/mol. The minimum absolute atomic E-state index is 0.595. The molecule has 0 aliphatic heterocycles. The Hall–Kier alpha value is -2.14. The van der Waals surface area contributed by atoms with Crippen LogP contribution in [-0.2, 0) is 6.42 Å². The van der Waals surface area contributed by atoms with Crippen molar-refractivity contribution in [1.82, 2.24) is 15.3 Å². The van der Waals surface area contributed by atoms with Gasteiger partial charge in [0.05, 0.1) is 19.5 Å². The molecule has 0 aliphatic rings. The molecule has 0 saturated heterocycles. The molecule has 100 valence electrons. The third-order valence-corrected chi connectivity index (χ3v) is 2.58. The van der Waals surface area contributed by atoms with Gasteiger partial charge in [-0.05, 0) is 19.2 Å². The molecule has 1 aromatic carbocycles. The highest BCUT2D eigenvalue weighted by Crippen LogP contribution is 2.30. The third kappa shape index (κ3) is 3.66. The molecule has 0 bridgehead atoms. The molecule has 0 fully saturated rings. The van der Waals surface area contributed by atoms with Gasteiger partial charge in [0, 0.05) is 13.0 Å². The van der Waals surface area contributed by atoms with Gasteiger partial charge in [-0.1, -0.05) is 12.1 Å². The number of benzene rings is 1. The Morgan fingerprint density at radius 1 is 1.11 bits per heavy atom. The fourth-order valence-corrected chi connectivity index (χ4v) is 1.59. The summed E-state index contributed by atoms with van der Waals surface area (Å²) in [6.07, 6.45) is 4.14. The summed E-state index contributed by atoms with van der Waals surface area (Å²) in [6.45, 7) is 0.854. The number of aromatic nitrogens is 2. The first-order valence-corrected chi connectivity index (χ1v) is 6.10. The number of rotatable bonds is 6. The van der Waals surface area contributed by atoms with Crippen molar-refractivity contribution >= 4 is 0 Å². The van der Waals surface area contributed by atoms with Crippen molar-refractivity contribution in [2.45, 2.75) is 6.42 Å². The highest BCUT2D eigenvalue weighted by atomic mass is 16.5. The van der Waals surface area contributed by atoms with E-state index in [4.69, 9.17) is 9.47 Å². The topological polar surface area (TPSA) is 56.3 Å². The van der Waals surface area contributed by atoms with Crippen molar-refractivity contribution in [3.63, 3.8) is 0 Å². The van der Waals surface area contributed by atoms with E-state index in [-0.39, 0.29) is 0 Å². The number of hydrogen-bond acceptors (Lipinski definition) is 5. The lowest BCUT2D eigenvalue weighted by Gasteiger charge is -2.09. The molecule has 0 unspecified atom stereocenters. The highest BCUT2D eigenvalue weighted by Gasteiger charge is 2.05. The molecule has 19 heavy (non-hydrogen) atoms. The van der Waals surface area contributed by atoms with Gasteiger partial charge in [-0.25, -0.2) is 9.97 Å². The van der Waals surface area contributed by atoms with Crippen molar-refractivity contribution in [2.75, 3.05) is 20.7 Å². The van der Waals surface area contributed by atoms with Crippen molar-refractivity contribution < 1.29 is 9.47 Å². The van der Waals surface area contributed by atoms with Gasteiger partial charge >= 0.3 is 0 Å². The Labute approximate surface area is 112 Å². The number of nitrogens with one attached hydrogen (secondary N) is 1. The molecule has 0 saturated carbocycles. The lowest BCUT2D eigenvalue weighted by Crippen LogP contribution is -2.12. The Bertz CT molecular complexity index is 514. The quantitative estimate of drug-likeness (QED) is 0.860. The van der Waals surface area contributed by atoms with Crippen LogP contribution in [0.5, 0.6) is 17.2 Å². The van der Waals surface area contributed by atoms with Crippen LogP contribution in [-0.4, -0.2) is 30.7 Å². The molecule has 5 heteroatoms. The molecule has 0 amide bonds. The maximum Gasteiger partial charge on any atom is 0.169 e. The summed E-state index contributed by atoms with van der Waals surface area (Å²) in [5.74, 6) is 2.72. The van der Waals surface area contributed by atoms with E-state index >= 15 is 0 Å². The summed E-state index contributed by atoms with van der Waals surface area (Å²) in [4.78, 5) is 8.50. The van der Waals surface area contributed by atoms with E-state index in [1.54, 1.807) is 19.5 Å². The van der Waals surface area contributed by atoms with Crippen molar-refractivity contribution in [3.05, 3.63) is 42.5 Å². The summed E-state index contributed by atoms with van der Waals surface area (Å²) in [5.41, 5.74) is 0. The number of hydrogen-bond donors (Lipinski definition) is 1. The molecule has 5 nitrogen and oxygen atoms in total. The van der Waals surface area contributed by atoms with Crippen molar-refractivity contribution in [2.24, 2.45) is 0 Å². The normalized spacial score (nSPS) is 10.2. The van der Waals surface area contributed by atoms with Gasteiger partial charge in [0.15, 0.2) is 17.2 Å². The predicted octanol–water partition coefficient (Wildman–Crippen LogP) is 2.04. The molecule has 1 N–H and O–H groups in total. The van der Waals surface area contributed by atoms with E-state index in [1.165, 1.54) is 0 Å². The number of nitrogens with zero attached hydrogens (tertiary/aromatic N) is 2. The van der Waals surface area contributed by atoms with Crippen LogP contribution < -0.4 is 14.8 Å². The van der Waals surface area contributed by atoms with E-state index in [9.17, 15) is 0 Å². The molecule has 2 rings (SSSR count). The fourth-order valence-electron chi connectivity index (χ4n) is 1.59. The summed E-state index contributed by atoms with van der Waals surface area (Å²) in [6, 6.07) is 7.47. The lowest BCUT2D eigenvalue weighted by atomic mass is 10.3. The zero-order valence-electron chi connectivity index (χ0n) is 11.1. The SMILES string of the molecule is CNCCc1ncc(Oc2ccccc2OC)cn1. The summed E-state index contributed by atoms with van der Waals surface area (Å²) < 4.78 is 10.9. The van der Waals surface area contributed by atoms with Gasteiger partial charge in [-0.15, -0.1) is 0 Å². The smallest absolute Gasteiger partial charge is 0.169 e. The summed E-state index contributed by atoms with van der Waals surface area (Å²) in [7, 11) is 3.51. The van der Waals surface area contributed by atoms with Crippen LogP contribution >= 0.6 is 0 Å². The number of para-hydroxylation sites is 2. The van der Waals surface area contributed by atoms with E-state index < -0.39 is 0 Å². The van der Waals surface area contributed by atoms with E-state index in [1.807, 2.05) is 31.3 Å². The first-order chi connectivity index (χ1) is 9.33. The van der Waals surface area contributed by atoms with Gasteiger partial charge < -0.3 is 14.8 Å². The monoisotopic (exact) mass is 259 g/mol. The third-order valence-electron chi connectivity index (χ3n) is 2.58. The summed E-state index contributed by atoms with van der Waals surface area (Å²) >= 11 is 0. The van der Waals surface area contributed by atoms with Crippen molar-refractivity contribution in [3.8, 4) is 17.2 Å². The highest BCUT2D eigenvalue weighted by molar-refractivity contribution is 5.41. The second kappa shape index (κ2) is 6.70. The molecule has 0 spiro atoms. The average Bonchev–Trinajstić information content (AvgIpc) is 2.47. The number of likely N-dealkylation sites (N-methyl/N-ethyl adjacent to an activating group) is 1. The van der Waals surface area contributed by atoms with Crippen LogP contribution in [0.15, 0.2) is 36.7 Å². The second-order valence-electron chi connectivity index (χ2n) is 3.94. The number of methoxy groups -OCH3 is 1. The molecule has 0 aliphatic carbocycles. The second-order valence-corrected chi connectivity index (χ2v) is 3.94. The average molecular weight is 259 g/mol. The Kier molecular flexibility index (Phi) is 4.69. The number of ether oxygens (including phenoxy) is 2. The van der Waals surface area contributed by atoms with E-state index in [0.29, 0.717) is 17.2 Å². The molecule has 1 heterocycles. The van der Waals surface area contributed by atoms with E-state index in [2.05, 4.69) is 15.3 Å². The first kappa shape index (κ1) is 13.3. The zero-order chi connectivity index (χ0) is 13.5. The molecular weight excluding hydrogens is 242 g/mol. The van der Waals surface area contributed by atoms with E-state index in [0.717, 1.165) is 18.8 Å². The van der Waals surface area contributed by atoms with Gasteiger partial charge in [0.2, 0.25) is 0 Å². The Morgan fingerprint density at radius 3 is 2.42 bits per heavy atom. The molecule has 1 aromatic heterocycles. The minimum Gasteiger partial charge on any atom is -0.493 e. The molecule has 2 aromatic rings. The minimum atomic E-state index is 0.595. The van der Waals surface area contributed by atoms with Crippen LogP contribution in [0, 0.1) is 0 Å². The first-order valence-electron chi connectivity index (χ1n) is 6.10. The maximum absolute atomic E-state index is 5.69. The molecular formula is C14H17N3O2. The van der Waals surface area contributed by atoms with Crippen LogP contribution in [0.2, 0.25) is 0 Å². The Balaban J connectivity index is 2.06. The van der Waals surface area contributed by atoms with Crippen LogP contribution in [0.25, 0.3) is 0 Å². The molecule has 0 radical (unpaired) electrons. The largest absolute Gasteiger partial charge is 0.493 e. The Morgan fingerprint density at radius 2 is 1.79 bits per heavy atom. The van der Waals surface area contributed by atoms with Gasteiger partial charge in [-0.2, -0.15) is 0 Å². The lowest BCUT2D eigenvalue weighted by molar-refractivity contribution is 0.377. The standard InChI is InChI=1S/C14H17N3O2/c1-15-8-7-14-16-9-11(10-17-14)19-13-6-4-3-5-12(13)18-2/h3-6,9-10,15H,7-8H2,1-2H3. The van der Waals surface area contributed by atoms with Gasteiger partial charge in [-0.3, -0.25) is 0 Å². The van der Waals surface area contributed by atoms with Crippen LogP contribution in [0.4, 0.5) is 0 Å². The van der Waals surface area contributed by atoms with Gasteiger partial charge in [0.1, 0.15) is 5.82 Å². The fraction of sp³-hybridized carbons (Fsp3) is 0.286. The summed E-state index contributed by atoms with van der Waals surface area (Å²) in [5, 5.41) is 3.06. The van der Waals surface area contributed by atoms with Gasteiger partial charge in [0.25, 0.3) is 0 Å². The maximum atomic E-state index is 5.69. The van der Waals surface area contributed by atoms with Crippen LogP contribution in [0.3, 0.4) is 0 Å². The zero-order valence-corrected chi connectivity index (χ0v) is 11.1.